The molecule has 24 heavy (non-hydrogen) atoms. The normalized spacial score (nSPS) is 11.9. The van der Waals surface area contributed by atoms with Gasteiger partial charge in [-0.05, 0) is 55.4 Å². The van der Waals surface area contributed by atoms with Gasteiger partial charge in [0.05, 0.1) is 6.61 Å². The topological polar surface area (TPSA) is 89.6 Å². The van der Waals surface area contributed by atoms with Crippen LogP contribution in [0, 0.1) is 5.92 Å². The highest BCUT2D eigenvalue weighted by Crippen LogP contribution is 2.23. The molecule has 6 heteroatoms. The van der Waals surface area contributed by atoms with E-state index in [1.807, 2.05) is 19.1 Å². The number of halogens is 1. The van der Waals surface area contributed by atoms with Gasteiger partial charge in [0, 0.05) is 17.9 Å². The number of benzene rings is 1. The summed E-state index contributed by atoms with van der Waals surface area (Å²) in [4.78, 5) is 21.3. The van der Waals surface area contributed by atoms with Crippen molar-refractivity contribution in [2.75, 3.05) is 6.61 Å². The van der Waals surface area contributed by atoms with E-state index in [1.54, 1.807) is 6.07 Å². The lowest BCUT2D eigenvalue weighted by Gasteiger charge is -2.13. The Morgan fingerprint density at radius 3 is 2.62 bits per heavy atom. The molecular formula is C18H26ClNO4. The Kier molecular flexibility index (Phi) is 9.23. The summed E-state index contributed by atoms with van der Waals surface area (Å²) in [6, 6.07) is 5.64. The highest BCUT2D eigenvalue weighted by atomic mass is 35.5. The van der Waals surface area contributed by atoms with Crippen LogP contribution in [0.3, 0.4) is 0 Å². The van der Waals surface area contributed by atoms with E-state index in [1.165, 1.54) is 0 Å². The van der Waals surface area contributed by atoms with Crippen LogP contribution in [0.2, 0.25) is 5.02 Å². The molecule has 3 N–H and O–H groups in total. The van der Waals surface area contributed by atoms with Crippen molar-refractivity contribution < 1.29 is 19.4 Å². The number of primary amides is 1. The third-order valence-corrected chi connectivity index (χ3v) is 3.92. The maximum absolute atomic E-state index is 10.8. The minimum absolute atomic E-state index is 0.215. The predicted octanol–water partition coefficient (Wildman–Crippen LogP) is 3.81. The van der Waals surface area contributed by atoms with Crippen LogP contribution >= 0.6 is 11.6 Å². The third kappa shape index (κ3) is 9.40. The molecule has 0 aliphatic rings. The average Bonchev–Trinajstić information content (AvgIpc) is 2.49. The number of carboxylic acid groups (broad SMARTS) is 1. The van der Waals surface area contributed by atoms with Crippen molar-refractivity contribution in [2.24, 2.45) is 11.7 Å². The molecule has 5 nitrogen and oxygen atoms in total. The summed E-state index contributed by atoms with van der Waals surface area (Å²) in [5.41, 5.74) is 6.22. The summed E-state index contributed by atoms with van der Waals surface area (Å²) in [6.45, 7) is 2.52. The Balaban J connectivity index is 2.41. The van der Waals surface area contributed by atoms with Crippen molar-refractivity contribution in [1.82, 2.24) is 0 Å². The number of hydrogen-bond acceptors (Lipinski definition) is 3. The van der Waals surface area contributed by atoms with E-state index in [0.717, 1.165) is 24.8 Å². The molecule has 0 aliphatic heterocycles. The number of aliphatic carboxylic acids is 1. The second-order valence-corrected chi connectivity index (χ2v) is 6.61. The van der Waals surface area contributed by atoms with Crippen molar-refractivity contribution in [3.05, 3.63) is 28.8 Å². The zero-order valence-corrected chi connectivity index (χ0v) is 14.8. The molecule has 0 aliphatic carbocycles. The molecule has 0 unspecified atom stereocenters. The number of carboxylic acids is 1. The summed E-state index contributed by atoms with van der Waals surface area (Å²) < 4.78 is 5.77. The number of rotatable bonds is 12. The van der Waals surface area contributed by atoms with Gasteiger partial charge in [-0.2, -0.15) is 0 Å². The molecule has 0 saturated heterocycles. The van der Waals surface area contributed by atoms with Gasteiger partial charge in [0.25, 0.3) is 0 Å². The van der Waals surface area contributed by atoms with Gasteiger partial charge in [-0.15, -0.1) is 0 Å². The Labute approximate surface area is 148 Å². The summed E-state index contributed by atoms with van der Waals surface area (Å²) in [5.74, 6) is -0.0985. The Bertz CT molecular complexity index is 548. The van der Waals surface area contributed by atoms with Gasteiger partial charge >= 0.3 is 5.97 Å². The van der Waals surface area contributed by atoms with Crippen LogP contribution in [0.4, 0.5) is 0 Å². The molecule has 0 spiro atoms. The fraction of sp³-hybridized carbons (Fsp3) is 0.556. The van der Waals surface area contributed by atoms with Gasteiger partial charge in [-0.3, -0.25) is 9.59 Å². The molecule has 134 valence electrons. The van der Waals surface area contributed by atoms with Crippen LogP contribution < -0.4 is 10.5 Å². The van der Waals surface area contributed by atoms with Crippen molar-refractivity contribution in [3.63, 3.8) is 0 Å². The second-order valence-electron chi connectivity index (χ2n) is 6.17. The second kappa shape index (κ2) is 10.9. The van der Waals surface area contributed by atoms with E-state index in [2.05, 4.69) is 0 Å². The van der Waals surface area contributed by atoms with E-state index >= 15 is 0 Å². The smallest absolute Gasteiger partial charge is 0.303 e. The van der Waals surface area contributed by atoms with Crippen molar-refractivity contribution in [1.29, 1.82) is 0 Å². The number of amides is 1. The zero-order chi connectivity index (χ0) is 17.9. The van der Waals surface area contributed by atoms with Gasteiger partial charge in [0.2, 0.25) is 5.91 Å². The monoisotopic (exact) mass is 355 g/mol. The first-order valence-corrected chi connectivity index (χ1v) is 8.67. The number of ether oxygens (including phenoxy) is 1. The minimum atomic E-state index is -0.751. The Morgan fingerprint density at radius 1 is 1.21 bits per heavy atom. The fourth-order valence-electron chi connectivity index (χ4n) is 2.34. The molecule has 1 rings (SSSR count). The van der Waals surface area contributed by atoms with Gasteiger partial charge in [0.1, 0.15) is 5.75 Å². The Morgan fingerprint density at radius 2 is 1.96 bits per heavy atom. The van der Waals surface area contributed by atoms with Gasteiger partial charge in [-0.25, -0.2) is 0 Å². The highest BCUT2D eigenvalue weighted by molar-refractivity contribution is 6.30. The Hall–Kier alpha value is -1.75. The minimum Gasteiger partial charge on any atom is -0.493 e. The average molecular weight is 356 g/mol. The molecule has 1 atom stereocenters. The number of carbonyl (C=O) groups excluding carboxylic acids is 1. The standard InChI is InChI=1S/C18H26ClNO4/c1-13(7-8-17(20)21)12-24-16-10-14(9-15(19)11-16)5-3-2-4-6-18(22)23/h9-11,13H,2-8,12H2,1H3,(H2,20,21)(H,22,23)/t13-/m0/s1. The summed E-state index contributed by atoms with van der Waals surface area (Å²) >= 11 is 6.13. The SMILES string of the molecule is C[C@@H](CCC(N)=O)COc1cc(Cl)cc(CCCCCC(=O)O)c1. The first-order chi connectivity index (χ1) is 11.4. The van der Waals surface area contributed by atoms with E-state index < -0.39 is 5.97 Å². The lowest BCUT2D eigenvalue weighted by molar-refractivity contribution is -0.137. The maximum atomic E-state index is 10.8. The number of carbonyl (C=O) groups is 2. The molecule has 0 bridgehead atoms. The summed E-state index contributed by atoms with van der Waals surface area (Å²) in [6.07, 6.45) is 4.60. The van der Waals surface area contributed by atoms with Crippen LogP contribution in [0.5, 0.6) is 5.75 Å². The first kappa shape index (κ1) is 20.3. The van der Waals surface area contributed by atoms with Crippen LogP contribution in [-0.4, -0.2) is 23.6 Å². The summed E-state index contributed by atoms with van der Waals surface area (Å²) in [7, 11) is 0. The van der Waals surface area contributed by atoms with Crippen molar-refractivity contribution in [3.8, 4) is 5.75 Å². The predicted molar refractivity (Wildman–Crippen MR) is 94.3 cm³/mol. The van der Waals surface area contributed by atoms with Gasteiger partial charge < -0.3 is 15.6 Å². The van der Waals surface area contributed by atoms with Crippen molar-refractivity contribution in [2.45, 2.75) is 51.9 Å². The zero-order valence-electron chi connectivity index (χ0n) is 14.1. The molecule has 0 radical (unpaired) electrons. The number of nitrogens with two attached hydrogens (primary N) is 1. The third-order valence-electron chi connectivity index (χ3n) is 3.71. The highest BCUT2D eigenvalue weighted by Gasteiger charge is 2.07. The maximum Gasteiger partial charge on any atom is 0.303 e. The van der Waals surface area contributed by atoms with Crippen LogP contribution in [0.1, 0.15) is 51.0 Å². The van der Waals surface area contributed by atoms with Crippen LogP contribution in [0.25, 0.3) is 0 Å². The van der Waals surface area contributed by atoms with E-state index in [0.29, 0.717) is 36.6 Å². The molecule has 0 heterocycles. The van der Waals surface area contributed by atoms with Gasteiger partial charge in [0.15, 0.2) is 0 Å². The molecule has 0 aromatic heterocycles. The van der Waals surface area contributed by atoms with E-state index in [4.69, 9.17) is 27.2 Å². The lowest BCUT2D eigenvalue weighted by Crippen LogP contribution is -2.15. The number of unbranched alkanes of at least 4 members (excludes halogenated alkanes) is 2. The quantitative estimate of drug-likeness (QED) is 0.558. The molecule has 1 aromatic carbocycles. The molecule has 1 amide bonds. The van der Waals surface area contributed by atoms with Crippen LogP contribution in [0.15, 0.2) is 18.2 Å². The van der Waals surface area contributed by atoms with E-state index in [-0.39, 0.29) is 18.2 Å². The molecule has 0 saturated carbocycles. The van der Waals surface area contributed by atoms with Crippen molar-refractivity contribution >= 4 is 23.5 Å². The first-order valence-electron chi connectivity index (χ1n) is 8.29. The molecule has 0 fully saturated rings. The summed E-state index contributed by atoms with van der Waals surface area (Å²) in [5, 5.41) is 9.24. The van der Waals surface area contributed by atoms with E-state index in [9.17, 15) is 9.59 Å². The fourth-order valence-corrected chi connectivity index (χ4v) is 2.59. The largest absolute Gasteiger partial charge is 0.493 e. The number of hydrogen-bond donors (Lipinski definition) is 2. The van der Waals surface area contributed by atoms with Gasteiger partial charge in [-0.1, -0.05) is 24.9 Å². The van der Waals surface area contributed by atoms with Crippen LogP contribution in [-0.2, 0) is 16.0 Å². The molecular weight excluding hydrogens is 330 g/mol. The lowest BCUT2D eigenvalue weighted by atomic mass is 10.1. The molecule has 1 aromatic rings. The number of aryl methyl sites for hydroxylation is 1.